The molecule has 0 saturated heterocycles. The largest absolute Gasteiger partial charge is 0.508 e. The Morgan fingerprint density at radius 2 is 1.42 bits per heavy atom. The van der Waals surface area contributed by atoms with E-state index >= 15 is 0 Å². The van der Waals surface area contributed by atoms with E-state index in [0.717, 1.165) is 32.0 Å². The number of phenols is 1. The number of hydrogen-bond donors (Lipinski definition) is 1. The number of ether oxygens (including phenoxy) is 1. The number of rotatable bonds is 7. The van der Waals surface area contributed by atoms with Crippen LogP contribution in [0.1, 0.15) is 16.7 Å². The van der Waals surface area contributed by atoms with Crippen LogP contribution in [-0.4, -0.2) is 18.0 Å². The van der Waals surface area contributed by atoms with Crippen LogP contribution in [0.4, 0.5) is 0 Å². The van der Waals surface area contributed by atoms with Gasteiger partial charge in [0, 0.05) is 15.1 Å². The molecule has 0 spiro atoms. The fourth-order valence-corrected chi connectivity index (χ4v) is 4.73. The lowest BCUT2D eigenvalue weighted by molar-refractivity contribution is 0.415. The van der Waals surface area contributed by atoms with E-state index in [0.29, 0.717) is 5.75 Å². The smallest absolute Gasteiger partial charge is 0.118 e. The minimum atomic E-state index is 0.336. The first-order valence-corrected chi connectivity index (χ1v) is 12.4. The molecule has 0 aromatic heterocycles. The first kappa shape index (κ1) is 23.2. The molecule has 2 nitrogen and oxygen atoms in total. The maximum absolute atomic E-state index is 9.78. The van der Waals surface area contributed by atoms with Crippen LogP contribution in [0.25, 0.3) is 16.7 Å². The Kier molecular flexibility index (Phi) is 7.58. The molecule has 0 bridgehead atoms. The molecule has 0 saturated carbocycles. The van der Waals surface area contributed by atoms with Crippen molar-refractivity contribution in [3.05, 3.63) is 118 Å². The highest BCUT2D eigenvalue weighted by Gasteiger charge is 2.07. The van der Waals surface area contributed by atoms with E-state index in [4.69, 9.17) is 4.74 Å². The SMILES string of the molecule is COc1ccc(-c2ccc(/C(=C\CSc3ccc(O)c(C)c3)c3ccc(Br)cc3)cc2)cc1. The summed E-state index contributed by atoms with van der Waals surface area (Å²) >= 11 is 5.30. The van der Waals surface area contributed by atoms with Crippen LogP contribution in [0.2, 0.25) is 0 Å². The maximum atomic E-state index is 9.78. The monoisotopic (exact) mass is 516 g/mol. The van der Waals surface area contributed by atoms with Crippen molar-refractivity contribution in [2.24, 2.45) is 0 Å². The molecular weight excluding hydrogens is 492 g/mol. The molecule has 0 aliphatic rings. The Balaban J connectivity index is 1.60. The molecule has 0 aliphatic heterocycles. The first-order chi connectivity index (χ1) is 16.0. The van der Waals surface area contributed by atoms with Crippen molar-refractivity contribution in [3.8, 4) is 22.6 Å². The van der Waals surface area contributed by atoms with E-state index in [9.17, 15) is 5.11 Å². The van der Waals surface area contributed by atoms with Gasteiger partial charge in [0.1, 0.15) is 11.5 Å². The molecule has 4 aromatic carbocycles. The summed E-state index contributed by atoms with van der Waals surface area (Å²) in [4.78, 5) is 1.14. The molecule has 0 amide bonds. The van der Waals surface area contributed by atoms with Crippen molar-refractivity contribution in [3.63, 3.8) is 0 Å². The van der Waals surface area contributed by atoms with Crippen LogP contribution in [0.15, 0.2) is 106 Å². The predicted molar refractivity (Wildman–Crippen MR) is 143 cm³/mol. The maximum Gasteiger partial charge on any atom is 0.118 e. The predicted octanol–water partition coefficient (Wildman–Crippen LogP) is 8.36. The summed E-state index contributed by atoms with van der Waals surface area (Å²) in [5.41, 5.74) is 6.79. The van der Waals surface area contributed by atoms with Gasteiger partial charge in [-0.2, -0.15) is 0 Å². The van der Waals surface area contributed by atoms with Crippen molar-refractivity contribution in [2.75, 3.05) is 12.9 Å². The van der Waals surface area contributed by atoms with Gasteiger partial charge >= 0.3 is 0 Å². The molecule has 0 radical (unpaired) electrons. The summed E-state index contributed by atoms with van der Waals surface area (Å²) in [6, 6.07) is 31.0. The molecule has 0 heterocycles. The summed E-state index contributed by atoms with van der Waals surface area (Å²) in [6.07, 6.45) is 2.28. The average molecular weight is 517 g/mol. The van der Waals surface area contributed by atoms with E-state index in [1.165, 1.54) is 22.3 Å². The number of hydrogen-bond acceptors (Lipinski definition) is 3. The highest BCUT2D eigenvalue weighted by atomic mass is 79.9. The molecule has 0 unspecified atom stereocenters. The lowest BCUT2D eigenvalue weighted by Crippen LogP contribution is -1.90. The Bertz CT molecular complexity index is 1240. The van der Waals surface area contributed by atoms with Crippen molar-refractivity contribution in [1.82, 2.24) is 0 Å². The van der Waals surface area contributed by atoms with Crippen LogP contribution >= 0.6 is 27.7 Å². The zero-order chi connectivity index (χ0) is 23.2. The second kappa shape index (κ2) is 10.8. The molecule has 0 atom stereocenters. The average Bonchev–Trinajstić information content (AvgIpc) is 2.85. The second-order valence-electron chi connectivity index (χ2n) is 7.69. The van der Waals surface area contributed by atoms with Gasteiger partial charge in [-0.25, -0.2) is 0 Å². The third-order valence-electron chi connectivity index (χ3n) is 5.48. The highest BCUT2D eigenvalue weighted by molar-refractivity contribution is 9.10. The summed E-state index contributed by atoms with van der Waals surface area (Å²) < 4.78 is 6.33. The lowest BCUT2D eigenvalue weighted by atomic mass is 9.95. The van der Waals surface area contributed by atoms with Crippen LogP contribution in [0.3, 0.4) is 0 Å². The Hall–Kier alpha value is -2.95. The number of aromatic hydroxyl groups is 1. The number of phenolic OH excluding ortho intramolecular Hbond substituents is 1. The number of halogens is 1. The van der Waals surface area contributed by atoms with Crippen LogP contribution in [0.5, 0.6) is 11.5 Å². The minimum Gasteiger partial charge on any atom is -0.508 e. The van der Waals surface area contributed by atoms with Crippen molar-refractivity contribution in [1.29, 1.82) is 0 Å². The van der Waals surface area contributed by atoms with E-state index in [1.807, 2.05) is 31.2 Å². The molecule has 33 heavy (non-hydrogen) atoms. The number of benzene rings is 4. The quantitative estimate of drug-likeness (QED) is 0.250. The molecule has 0 aliphatic carbocycles. The number of thioether (sulfide) groups is 1. The summed E-state index contributed by atoms with van der Waals surface area (Å²) in [6.45, 7) is 1.92. The third kappa shape index (κ3) is 5.89. The van der Waals surface area contributed by atoms with Crippen LogP contribution in [-0.2, 0) is 0 Å². The molecule has 0 fully saturated rings. The van der Waals surface area contributed by atoms with E-state index < -0.39 is 0 Å². The second-order valence-corrected chi connectivity index (χ2v) is 9.70. The Labute approximate surface area is 208 Å². The van der Waals surface area contributed by atoms with Gasteiger partial charge in [-0.05, 0) is 82.8 Å². The zero-order valence-electron chi connectivity index (χ0n) is 18.6. The fraction of sp³-hybridized carbons (Fsp3) is 0.103. The molecular formula is C29H25BrO2S. The topological polar surface area (TPSA) is 29.5 Å². The molecule has 1 N–H and O–H groups in total. The number of methoxy groups -OCH3 is 1. The zero-order valence-corrected chi connectivity index (χ0v) is 21.0. The summed E-state index contributed by atoms with van der Waals surface area (Å²) in [5.74, 6) is 2.02. The fourth-order valence-electron chi connectivity index (χ4n) is 3.60. The van der Waals surface area contributed by atoms with Crippen LogP contribution < -0.4 is 4.74 Å². The molecule has 4 aromatic rings. The summed E-state index contributed by atoms with van der Waals surface area (Å²) in [5, 5.41) is 9.78. The van der Waals surface area contributed by atoms with Crippen molar-refractivity contribution in [2.45, 2.75) is 11.8 Å². The van der Waals surface area contributed by atoms with Gasteiger partial charge in [-0.1, -0.05) is 70.5 Å². The van der Waals surface area contributed by atoms with Crippen molar-refractivity contribution < 1.29 is 9.84 Å². The number of aryl methyl sites for hydroxylation is 1. The minimum absolute atomic E-state index is 0.336. The summed E-state index contributed by atoms with van der Waals surface area (Å²) in [7, 11) is 1.68. The van der Waals surface area contributed by atoms with Crippen LogP contribution in [0, 0.1) is 6.92 Å². The lowest BCUT2D eigenvalue weighted by Gasteiger charge is -2.11. The Morgan fingerprint density at radius 3 is 2.00 bits per heavy atom. The molecule has 4 heteroatoms. The van der Waals surface area contributed by atoms with Gasteiger partial charge in [0.15, 0.2) is 0 Å². The standard InChI is InChI=1S/C29H25BrO2S/c1-20-19-27(15-16-29(20)31)33-18-17-28(24-7-11-25(30)12-8-24)23-5-3-21(4-6-23)22-9-13-26(32-2)14-10-22/h3-17,19,31H,18H2,1-2H3/b28-17+. The van der Waals surface area contributed by atoms with Gasteiger partial charge in [0.2, 0.25) is 0 Å². The van der Waals surface area contributed by atoms with Gasteiger partial charge in [0.05, 0.1) is 7.11 Å². The molecule has 4 rings (SSSR count). The van der Waals surface area contributed by atoms with Gasteiger partial charge in [0.25, 0.3) is 0 Å². The van der Waals surface area contributed by atoms with Gasteiger partial charge in [-0.3, -0.25) is 0 Å². The van der Waals surface area contributed by atoms with E-state index in [2.05, 4.69) is 82.7 Å². The molecule has 166 valence electrons. The van der Waals surface area contributed by atoms with E-state index in [1.54, 1.807) is 24.9 Å². The normalized spacial score (nSPS) is 11.4. The first-order valence-electron chi connectivity index (χ1n) is 10.7. The van der Waals surface area contributed by atoms with Gasteiger partial charge in [-0.15, -0.1) is 11.8 Å². The third-order valence-corrected chi connectivity index (χ3v) is 6.93. The van der Waals surface area contributed by atoms with Gasteiger partial charge < -0.3 is 9.84 Å². The Morgan fingerprint density at radius 1 is 0.848 bits per heavy atom. The van der Waals surface area contributed by atoms with E-state index in [-0.39, 0.29) is 0 Å². The highest BCUT2D eigenvalue weighted by Crippen LogP contribution is 2.30. The van der Waals surface area contributed by atoms with Crippen molar-refractivity contribution >= 4 is 33.3 Å².